The first-order chi connectivity index (χ1) is 8.69. The topological polar surface area (TPSA) is 35.2 Å². The van der Waals surface area contributed by atoms with Crippen LogP contribution in [-0.2, 0) is 13.0 Å². The highest BCUT2D eigenvalue weighted by atomic mass is 16.5. The second kappa shape index (κ2) is 5.58. The predicted octanol–water partition coefficient (Wildman–Crippen LogP) is 3.72. The van der Waals surface area contributed by atoms with Crippen LogP contribution in [0.25, 0.3) is 0 Å². The SMILES string of the molecule is CCc1ccc(COc2ccc(N)cc2C)cc1. The molecular formula is C16H19NO. The Hall–Kier alpha value is -1.96. The third-order valence-corrected chi connectivity index (χ3v) is 3.02. The van der Waals surface area contributed by atoms with E-state index >= 15 is 0 Å². The summed E-state index contributed by atoms with van der Waals surface area (Å²) >= 11 is 0. The monoisotopic (exact) mass is 241 g/mol. The minimum Gasteiger partial charge on any atom is -0.489 e. The molecule has 2 N–H and O–H groups in total. The van der Waals surface area contributed by atoms with E-state index in [0.29, 0.717) is 6.61 Å². The van der Waals surface area contributed by atoms with E-state index in [-0.39, 0.29) is 0 Å². The summed E-state index contributed by atoms with van der Waals surface area (Å²) in [4.78, 5) is 0. The van der Waals surface area contributed by atoms with Crippen molar-refractivity contribution >= 4 is 5.69 Å². The van der Waals surface area contributed by atoms with Crippen LogP contribution in [0.1, 0.15) is 23.6 Å². The first-order valence-electron chi connectivity index (χ1n) is 6.26. The molecule has 0 saturated carbocycles. The van der Waals surface area contributed by atoms with E-state index in [9.17, 15) is 0 Å². The lowest BCUT2D eigenvalue weighted by Gasteiger charge is -2.10. The van der Waals surface area contributed by atoms with Gasteiger partial charge in [0, 0.05) is 5.69 Å². The number of ether oxygens (including phenoxy) is 1. The molecule has 0 amide bonds. The molecule has 0 aliphatic carbocycles. The van der Waals surface area contributed by atoms with Gasteiger partial charge in [-0.05, 0) is 48.2 Å². The van der Waals surface area contributed by atoms with Gasteiger partial charge in [-0.1, -0.05) is 31.2 Å². The summed E-state index contributed by atoms with van der Waals surface area (Å²) < 4.78 is 5.80. The van der Waals surface area contributed by atoms with Crippen molar-refractivity contribution in [2.24, 2.45) is 0 Å². The molecule has 0 radical (unpaired) electrons. The van der Waals surface area contributed by atoms with Gasteiger partial charge in [0.25, 0.3) is 0 Å². The van der Waals surface area contributed by atoms with E-state index in [0.717, 1.165) is 23.4 Å². The number of hydrogen-bond donors (Lipinski definition) is 1. The van der Waals surface area contributed by atoms with Gasteiger partial charge >= 0.3 is 0 Å². The van der Waals surface area contributed by atoms with Gasteiger partial charge in [-0.2, -0.15) is 0 Å². The Morgan fingerprint density at radius 3 is 2.28 bits per heavy atom. The van der Waals surface area contributed by atoms with Crippen LogP contribution in [0, 0.1) is 6.92 Å². The van der Waals surface area contributed by atoms with Gasteiger partial charge in [0.2, 0.25) is 0 Å². The molecule has 94 valence electrons. The minimum absolute atomic E-state index is 0.592. The van der Waals surface area contributed by atoms with Crippen molar-refractivity contribution in [3.63, 3.8) is 0 Å². The maximum absolute atomic E-state index is 5.80. The van der Waals surface area contributed by atoms with Crippen LogP contribution in [-0.4, -0.2) is 0 Å². The Balaban J connectivity index is 2.02. The van der Waals surface area contributed by atoms with Gasteiger partial charge in [0.1, 0.15) is 12.4 Å². The molecular weight excluding hydrogens is 222 g/mol. The Bertz CT molecular complexity index is 517. The van der Waals surface area contributed by atoms with Crippen molar-refractivity contribution in [1.29, 1.82) is 0 Å². The van der Waals surface area contributed by atoms with Gasteiger partial charge < -0.3 is 10.5 Å². The number of nitrogens with two attached hydrogens (primary N) is 1. The maximum atomic E-state index is 5.80. The fourth-order valence-corrected chi connectivity index (χ4v) is 1.87. The summed E-state index contributed by atoms with van der Waals surface area (Å²) in [5.74, 6) is 0.892. The van der Waals surface area contributed by atoms with Crippen LogP contribution in [0.4, 0.5) is 5.69 Å². The minimum atomic E-state index is 0.592. The lowest BCUT2D eigenvalue weighted by molar-refractivity contribution is 0.304. The number of nitrogen functional groups attached to an aromatic ring is 1. The number of anilines is 1. The summed E-state index contributed by atoms with van der Waals surface area (Å²) in [5.41, 5.74) is 10.1. The molecule has 0 aromatic heterocycles. The molecule has 0 heterocycles. The van der Waals surface area contributed by atoms with E-state index in [2.05, 4.69) is 31.2 Å². The zero-order chi connectivity index (χ0) is 13.0. The number of rotatable bonds is 4. The molecule has 0 spiro atoms. The van der Waals surface area contributed by atoms with E-state index in [4.69, 9.17) is 10.5 Å². The average Bonchev–Trinajstić information content (AvgIpc) is 2.38. The number of aryl methyl sites for hydroxylation is 2. The molecule has 2 nitrogen and oxygen atoms in total. The van der Waals surface area contributed by atoms with E-state index in [1.807, 2.05) is 25.1 Å². The molecule has 0 bridgehead atoms. The van der Waals surface area contributed by atoms with Crippen molar-refractivity contribution in [2.45, 2.75) is 26.9 Å². The smallest absolute Gasteiger partial charge is 0.122 e. The third-order valence-electron chi connectivity index (χ3n) is 3.02. The van der Waals surface area contributed by atoms with E-state index < -0.39 is 0 Å². The molecule has 0 saturated heterocycles. The average molecular weight is 241 g/mol. The van der Waals surface area contributed by atoms with Crippen LogP contribution in [0.15, 0.2) is 42.5 Å². The first-order valence-corrected chi connectivity index (χ1v) is 6.26. The molecule has 0 atom stereocenters. The molecule has 2 aromatic carbocycles. The molecule has 0 fully saturated rings. The van der Waals surface area contributed by atoms with Gasteiger partial charge in [-0.25, -0.2) is 0 Å². The van der Waals surface area contributed by atoms with Crippen LogP contribution in [0.5, 0.6) is 5.75 Å². The van der Waals surface area contributed by atoms with E-state index in [1.54, 1.807) is 0 Å². The normalized spacial score (nSPS) is 10.3. The number of hydrogen-bond acceptors (Lipinski definition) is 2. The molecule has 0 aliphatic heterocycles. The molecule has 2 aromatic rings. The quantitative estimate of drug-likeness (QED) is 0.828. The van der Waals surface area contributed by atoms with Crippen LogP contribution in [0.2, 0.25) is 0 Å². The fourth-order valence-electron chi connectivity index (χ4n) is 1.87. The van der Waals surface area contributed by atoms with Crippen molar-refractivity contribution < 1.29 is 4.74 Å². The fraction of sp³-hybridized carbons (Fsp3) is 0.250. The molecule has 2 rings (SSSR count). The zero-order valence-electron chi connectivity index (χ0n) is 10.9. The van der Waals surface area contributed by atoms with Gasteiger partial charge in [0.05, 0.1) is 0 Å². The first kappa shape index (κ1) is 12.5. The van der Waals surface area contributed by atoms with Crippen LogP contribution >= 0.6 is 0 Å². The molecule has 2 heteroatoms. The largest absolute Gasteiger partial charge is 0.489 e. The summed E-state index contributed by atoms with van der Waals surface area (Å²) in [6, 6.07) is 14.2. The molecule has 0 aliphatic rings. The van der Waals surface area contributed by atoms with E-state index in [1.165, 1.54) is 11.1 Å². The highest BCUT2D eigenvalue weighted by molar-refractivity contribution is 5.47. The zero-order valence-corrected chi connectivity index (χ0v) is 10.9. The van der Waals surface area contributed by atoms with Gasteiger partial charge in [0.15, 0.2) is 0 Å². The lowest BCUT2D eigenvalue weighted by atomic mass is 10.1. The van der Waals surface area contributed by atoms with Crippen molar-refractivity contribution in [3.05, 3.63) is 59.2 Å². The standard InChI is InChI=1S/C16H19NO/c1-3-13-4-6-14(7-5-13)11-18-16-9-8-15(17)10-12(16)2/h4-10H,3,11,17H2,1-2H3. The van der Waals surface area contributed by atoms with Crippen molar-refractivity contribution in [3.8, 4) is 5.75 Å². The Labute approximate surface area is 108 Å². The second-order valence-electron chi connectivity index (χ2n) is 4.48. The summed E-state index contributed by atoms with van der Waals surface area (Å²) in [5, 5.41) is 0. The van der Waals surface area contributed by atoms with Crippen LogP contribution < -0.4 is 10.5 Å². The Morgan fingerprint density at radius 1 is 1.00 bits per heavy atom. The molecule has 0 unspecified atom stereocenters. The summed E-state index contributed by atoms with van der Waals surface area (Å²) in [6.45, 7) is 4.75. The second-order valence-corrected chi connectivity index (χ2v) is 4.48. The maximum Gasteiger partial charge on any atom is 0.122 e. The highest BCUT2D eigenvalue weighted by Gasteiger charge is 2.00. The van der Waals surface area contributed by atoms with Gasteiger partial charge in [-0.15, -0.1) is 0 Å². The van der Waals surface area contributed by atoms with Crippen LogP contribution in [0.3, 0.4) is 0 Å². The Kier molecular flexibility index (Phi) is 3.88. The van der Waals surface area contributed by atoms with Crippen molar-refractivity contribution in [2.75, 3.05) is 5.73 Å². The number of benzene rings is 2. The molecule has 18 heavy (non-hydrogen) atoms. The summed E-state index contributed by atoms with van der Waals surface area (Å²) in [7, 11) is 0. The highest BCUT2D eigenvalue weighted by Crippen LogP contribution is 2.21. The Morgan fingerprint density at radius 2 is 1.67 bits per heavy atom. The lowest BCUT2D eigenvalue weighted by Crippen LogP contribution is -1.98. The van der Waals surface area contributed by atoms with Gasteiger partial charge in [-0.3, -0.25) is 0 Å². The third kappa shape index (κ3) is 3.04. The van der Waals surface area contributed by atoms with Crippen molar-refractivity contribution in [1.82, 2.24) is 0 Å². The summed E-state index contributed by atoms with van der Waals surface area (Å²) in [6.07, 6.45) is 1.07. The predicted molar refractivity (Wildman–Crippen MR) is 75.7 cm³/mol.